The molecule has 4 nitrogen and oxygen atoms in total. The van der Waals surface area contributed by atoms with E-state index in [1.807, 2.05) is 0 Å². The van der Waals surface area contributed by atoms with Crippen molar-refractivity contribution < 1.29 is 28.9 Å². The Hall–Kier alpha value is -1.56. The van der Waals surface area contributed by atoms with E-state index in [1.54, 1.807) is 0 Å². The molecular weight excluding hydrogens is 383 g/mol. The van der Waals surface area contributed by atoms with Crippen LogP contribution < -0.4 is 18.6 Å². The minimum absolute atomic E-state index is 0.418. The fourth-order valence-corrected chi connectivity index (χ4v) is 3.88. The van der Waals surface area contributed by atoms with Crippen molar-refractivity contribution in [3.05, 3.63) is 77.7 Å². The molecule has 0 unspecified atom stereocenters. The first-order valence-electron chi connectivity index (χ1n) is 6.58. The van der Waals surface area contributed by atoms with Gasteiger partial charge in [0.15, 0.2) is 0 Å². The monoisotopic (exact) mass is 396 g/mol. The second-order valence-corrected chi connectivity index (χ2v) is 7.14. The Bertz CT molecular complexity index is 666. The minimum atomic E-state index is -4.94. The molecule has 0 bridgehead atoms. The summed E-state index contributed by atoms with van der Waals surface area (Å²) in [5.41, 5.74) is 4.02. The van der Waals surface area contributed by atoms with Crippen LogP contribution in [0.25, 0.3) is 21.1 Å². The zero-order valence-electron chi connectivity index (χ0n) is 11.9. The van der Waals surface area contributed by atoms with Gasteiger partial charge in [-0.25, -0.2) is 18.6 Å². The number of benzene rings is 2. The fourth-order valence-electron chi connectivity index (χ4n) is 2.04. The number of rotatable bonds is 2. The van der Waals surface area contributed by atoms with Gasteiger partial charge in [-0.05, 0) is 0 Å². The molecule has 0 aliphatic heterocycles. The van der Waals surface area contributed by atoms with Crippen LogP contribution in [-0.4, -0.2) is 14.5 Å². The summed E-state index contributed by atoms with van der Waals surface area (Å²) in [6, 6.07) is 25.7. The van der Waals surface area contributed by atoms with Crippen LogP contribution in [0.15, 0.2) is 77.7 Å². The van der Waals surface area contributed by atoms with Gasteiger partial charge < -0.3 is 0 Å². The summed E-state index contributed by atoms with van der Waals surface area (Å²) >= 11 is 0.418. The van der Waals surface area contributed by atoms with Crippen LogP contribution >= 0.6 is 0 Å². The first-order valence-corrected chi connectivity index (χ1v) is 9.66. The Morgan fingerprint density at radius 2 is 1.09 bits per heavy atom. The Balaban J connectivity index is 0.000000338. The van der Waals surface area contributed by atoms with Crippen LogP contribution in [0.2, 0.25) is 0 Å². The Morgan fingerprint density at radius 3 is 1.61 bits per heavy atom. The zero-order valence-corrected chi connectivity index (χ0v) is 14.4. The standard InChI is InChI=1S/C17H13Se.ClHO4/c1-3-8-14(9-4-1)16-12-7-13-18-17(16)15-10-5-2-6-11-15;2-1(3,4)5/h1-13H;(H,2,3,4,5)/q+1;/p-1. The van der Waals surface area contributed by atoms with Gasteiger partial charge in [-0.15, -0.1) is 10.2 Å². The summed E-state index contributed by atoms with van der Waals surface area (Å²) in [5, 5.41) is 0. The van der Waals surface area contributed by atoms with Crippen LogP contribution in [-0.2, 0) is 0 Å². The molecule has 1 heterocycles. The summed E-state index contributed by atoms with van der Waals surface area (Å²) in [4.78, 5) is 2.28. The van der Waals surface area contributed by atoms with Gasteiger partial charge in [0.2, 0.25) is 0 Å². The second kappa shape index (κ2) is 8.34. The third-order valence-corrected chi connectivity index (χ3v) is 4.96. The van der Waals surface area contributed by atoms with Crippen LogP contribution in [0.4, 0.5) is 0 Å². The maximum absolute atomic E-state index is 8.49. The molecule has 0 aliphatic carbocycles. The Kier molecular flexibility index (Phi) is 6.45. The average molecular weight is 396 g/mol. The summed E-state index contributed by atoms with van der Waals surface area (Å²) in [6.07, 6.45) is 0. The molecular formula is C17H13ClO4Se. The predicted molar refractivity (Wildman–Crippen MR) is 78.7 cm³/mol. The first-order chi connectivity index (χ1) is 10.9. The molecule has 0 saturated carbocycles. The molecule has 0 amide bonds. The first kappa shape index (κ1) is 17.8. The summed E-state index contributed by atoms with van der Waals surface area (Å²) in [6.45, 7) is 0. The van der Waals surface area contributed by atoms with E-state index in [2.05, 4.69) is 77.7 Å². The molecule has 3 aromatic rings. The van der Waals surface area contributed by atoms with Gasteiger partial charge in [0.1, 0.15) is 0 Å². The predicted octanol–water partition coefficient (Wildman–Crippen LogP) is -0.397. The van der Waals surface area contributed by atoms with Crippen molar-refractivity contribution in [1.82, 2.24) is 0 Å². The number of halogens is 1. The van der Waals surface area contributed by atoms with Gasteiger partial charge in [-0.1, -0.05) is 0 Å². The fraction of sp³-hybridized carbons (Fsp3) is 0. The molecule has 118 valence electrons. The molecule has 0 N–H and O–H groups in total. The van der Waals surface area contributed by atoms with E-state index in [0.717, 1.165) is 0 Å². The van der Waals surface area contributed by atoms with Crippen LogP contribution in [0.1, 0.15) is 0 Å². The Morgan fingerprint density at radius 1 is 0.609 bits per heavy atom. The molecule has 0 fully saturated rings. The van der Waals surface area contributed by atoms with Gasteiger partial charge in [-0.3, -0.25) is 0 Å². The van der Waals surface area contributed by atoms with E-state index >= 15 is 0 Å². The van der Waals surface area contributed by atoms with Crippen molar-refractivity contribution >= 4 is 14.5 Å². The molecule has 0 saturated heterocycles. The normalized spacial score (nSPS) is 10.6. The van der Waals surface area contributed by atoms with Crippen molar-refractivity contribution in [2.45, 2.75) is 0 Å². The van der Waals surface area contributed by atoms with Gasteiger partial charge in [0, 0.05) is 0 Å². The van der Waals surface area contributed by atoms with Crippen LogP contribution in [0, 0.1) is 10.2 Å². The van der Waals surface area contributed by atoms with Crippen molar-refractivity contribution in [1.29, 1.82) is 0 Å². The molecule has 1 aromatic heterocycles. The average Bonchev–Trinajstić information content (AvgIpc) is 2.55. The van der Waals surface area contributed by atoms with E-state index < -0.39 is 10.2 Å². The van der Waals surface area contributed by atoms with Crippen LogP contribution in [0.3, 0.4) is 0 Å². The third-order valence-electron chi connectivity index (χ3n) is 2.89. The molecule has 6 heteroatoms. The second-order valence-electron chi connectivity index (χ2n) is 4.47. The topological polar surface area (TPSA) is 92.2 Å². The molecule has 0 spiro atoms. The van der Waals surface area contributed by atoms with E-state index in [9.17, 15) is 0 Å². The zero-order chi connectivity index (χ0) is 16.7. The van der Waals surface area contributed by atoms with Gasteiger partial charge >= 0.3 is 113 Å². The van der Waals surface area contributed by atoms with Gasteiger partial charge in [0.25, 0.3) is 0 Å². The summed E-state index contributed by atoms with van der Waals surface area (Å²) < 4.78 is 35.4. The number of hydrogen-bond donors (Lipinski definition) is 0. The van der Waals surface area contributed by atoms with E-state index in [0.29, 0.717) is 14.5 Å². The van der Waals surface area contributed by atoms with E-state index in [-0.39, 0.29) is 0 Å². The van der Waals surface area contributed by atoms with E-state index in [1.165, 1.54) is 21.1 Å². The SMILES string of the molecule is [O-][Cl+3]([O-])([O-])[O-].c1ccc(-c2ccc[se+]c2-c2ccccc2)cc1. The van der Waals surface area contributed by atoms with Crippen molar-refractivity contribution in [2.24, 2.45) is 0 Å². The molecule has 3 rings (SSSR count). The third kappa shape index (κ3) is 6.22. The van der Waals surface area contributed by atoms with Gasteiger partial charge in [-0.2, -0.15) is 0 Å². The van der Waals surface area contributed by atoms with E-state index in [4.69, 9.17) is 18.6 Å². The maximum atomic E-state index is 8.49. The quantitative estimate of drug-likeness (QED) is 0.552. The summed E-state index contributed by atoms with van der Waals surface area (Å²) in [7, 11) is -4.94. The van der Waals surface area contributed by atoms with Crippen molar-refractivity contribution in [2.75, 3.05) is 0 Å². The molecule has 0 radical (unpaired) electrons. The molecule has 2 aromatic carbocycles. The molecule has 0 aliphatic rings. The van der Waals surface area contributed by atoms with Crippen molar-refractivity contribution in [3.63, 3.8) is 0 Å². The molecule has 0 atom stereocenters. The number of hydrogen-bond acceptors (Lipinski definition) is 4. The van der Waals surface area contributed by atoms with Crippen molar-refractivity contribution in [3.8, 4) is 21.1 Å². The summed E-state index contributed by atoms with van der Waals surface area (Å²) in [5.74, 6) is 0. The molecule has 23 heavy (non-hydrogen) atoms. The van der Waals surface area contributed by atoms with Gasteiger partial charge in [0.05, 0.1) is 0 Å². The van der Waals surface area contributed by atoms with Crippen LogP contribution in [0.5, 0.6) is 0 Å². The Labute approximate surface area is 142 Å².